The summed E-state index contributed by atoms with van der Waals surface area (Å²) in [7, 11) is 1.28. The van der Waals surface area contributed by atoms with Gasteiger partial charge in [-0.05, 0) is 30.7 Å². The van der Waals surface area contributed by atoms with Crippen LogP contribution >= 0.6 is 0 Å². The number of nitro groups is 1. The van der Waals surface area contributed by atoms with Crippen LogP contribution in [0, 0.1) is 10.1 Å². The van der Waals surface area contributed by atoms with Crippen molar-refractivity contribution in [2.24, 2.45) is 0 Å². The number of hydrogen-bond donors (Lipinski definition) is 0. The topological polar surface area (TPSA) is 116 Å². The SMILES string of the molecule is CCC[C@@H]1Oc2ccccc2C(=O)N(CC(=O)c2ccc(OC)c([N+](=O)[O-])c2)C1=O. The second kappa shape index (κ2) is 8.73. The fourth-order valence-electron chi connectivity index (χ4n) is 3.20. The van der Waals surface area contributed by atoms with Crippen LogP contribution in [0.5, 0.6) is 11.5 Å². The molecule has 9 heteroatoms. The van der Waals surface area contributed by atoms with Gasteiger partial charge in [-0.25, -0.2) is 0 Å². The standard InChI is InChI=1S/C21H20N2O7/c1-3-6-19-21(26)22(20(25)14-7-4-5-8-17(14)30-19)12-16(24)13-9-10-18(29-2)15(11-13)23(27)28/h4-5,7-11,19H,3,6,12H2,1-2H3/t19-/m0/s1. The Kier molecular flexibility index (Phi) is 6.10. The second-order valence-corrected chi connectivity index (χ2v) is 6.69. The summed E-state index contributed by atoms with van der Waals surface area (Å²) < 4.78 is 10.7. The smallest absolute Gasteiger partial charge is 0.311 e. The minimum Gasteiger partial charge on any atom is -0.490 e. The first kappa shape index (κ1) is 21.0. The lowest BCUT2D eigenvalue weighted by atomic mass is 10.1. The molecule has 0 fully saturated rings. The average Bonchev–Trinajstić information content (AvgIpc) is 2.84. The van der Waals surface area contributed by atoms with Crippen molar-refractivity contribution in [1.82, 2.24) is 4.90 Å². The summed E-state index contributed by atoms with van der Waals surface area (Å²) in [5, 5.41) is 11.2. The quantitative estimate of drug-likeness (QED) is 0.297. The van der Waals surface area contributed by atoms with Crippen molar-refractivity contribution in [2.75, 3.05) is 13.7 Å². The number of rotatable bonds is 7. The number of carbonyl (C=O) groups excluding carboxylic acids is 3. The van der Waals surface area contributed by atoms with Gasteiger partial charge in [0.05, 0.1) is 24.1 Å². The summed E-state index contributed by atoms with van der Waals surface area (Å²) in [6, 6.07) is 10.2. The van der Waals surface area contributed by atoms with Crippen LogP contribution in [0.3, 0.4) is 0 Å². The van der Waals surface area contributed by atoms with E-state index in [0.29, 0.717) is 12.8 Å². The Balaban J connectivity index is 1.94. The van der Waals surface area contributed by atoms with E-state index in [2.05, 4.69) is 0 Å². The van der Waals surface area contributed by atoms with Gasteiger partial charge in [-0.1, -0.05) is 25.5 Å². The Bertz CT molecular complexity index is 1020. The van der Waals surface area contributed by atoms with Crippen molar-refractivity contribution in [3.05, 3.63) is 63.7 Å². The van der Waals surface area contributed by atoms with Gasteiger partial charge in [0.1, 0.15) is 5.75 Å². The zero-order chi connectivity index (χ0) is 21.8. The molecule has 30 heavy (non-hydrogen) atoms. The van der Waals surface area contributed by atoms with Gasteiger partial charge in [0, 0.05) is 11.6 Å². The minimum absolute atomic E-state index is 0.00353. The van der Waals surface area contributed by atoms with Gasteiger partial charge in [-0.3, -0.25) is 29.4 Å². The Morgan fingerprint density at radius 1 is 1.23 bits per heavy atom. The minimum atomic E-state index is -0.902. The van der Waals surface area contributed by atoms with E-state index >= 15 is 0 Å². The van der Waals surface area contributed by atoms with E-state index in [9.17, 15) is 24.5 Å². The molecule has 2 aromatic carbocycles. The number of ether oxygens (including phenoxy) is 2. The largest absolute Gasteiger partial charge is 0.490 e. The number of ketones is 1. The van der Waals surface area contributed by atoms with E-state index < -0.39 is 35.2 Å². The molecule has 1 aliphatic rings. The van der Waals surface area contributed by atoms with Gasteiger partial charge in [-0.15, -0.1) is 0 Å². The number of nitro benzene ring substituents is 1. The molecule has 2 amide bonds. The van der Waals surface area contributed by atoms with E-state index in [1.807, 2.05) is 6.92 Å². The molecule has 0 unspecified atom stereocenters. The molecule has 2 aromatic rings. The highest BCUT2D eigenvalue weighted by Gasteiger charge is 2.37. The summed E-state index contributed by atoms with van der Waals surface area (Å²) in [5.74, 6) is -1.59. The molecule has 0 aliphatic carbocycles. The zero-order valence-corrected chi connectivity index (χ0v) is 16.5. The van der Waals surface area contributed by atoms with E-state index in [0.717, 1.165) is 11.0 Å². The van der Waals surface area contributed by atoms with Crippen LogP contribution in [-0.4, -0.2) is 47.2 Å². The first-order valence-corrected chi connectivity index (χ1v) is 9.34. The van der Waals surface area contributed by atoms with Gasteiger partial charge in [0.15, 0.2) is 17.6 Å². The molecule has 0 saturated carbocycles. The molecule has 1 aliphatic heterocycles. The molecule has 0 bridgehead atoms. The summed E-state index contributed by atoms with van der Waals surface area (Å²) in [6.07, 6.45) is 0.110. The normalized spacial score (nSPS) is 15.8. The second-order valence-electron chi connectivity index (χ2n) is 6.69. The number of methoxy groups -OCH3 is 1. The van der Waals surface area contributed by atoms with E-state index in [4.69, 9.17) is 9.47 Å². The van der Waals surface area contributed by atoms with Crippen molar-refractivity contribution in [3.8, 4) is 11.5 Å². The number of fused-ring (bicyclic) bond motifs is 1. The number of amides is 2. The fourth-order valence-corrected chi connectivity index (χ4v) is 3.20. The fraction of sp³-hybridized carbons (Fsp3) is 0.286. The lowest BCUT2D eigenvalue weighted by Gasteiger charge is -2.21. The van der Waals surface area contributed by atoms with Gasteiger partial charge in [-0.2, -0.15) is 0 Å². The average molecular weight is 412 g/mol. The maximum absolute atomic E-state index is 13.0. The molecular formula is C21H20N2O7. The Morgan fingerprint density at radius 3 is 2.63 bits per heavy atom. The van der Waals surface area contributed by atoms with Crippen LogP contribution < -0.4 is 9.47 Å². The maximum Gasteiger partial charge on any atom is 0.311 e. The third-order valence-electron chi connectivity index (χ3n) is 4.72. The number of imide groups is 1. The molecule has 1 heterocycles. The van der Waals surface area contributed by atoms with Gasteiger partial charge in [0.2, 0.25) is 0 Å². The van der Waals surface area contributed by atoms with E-state index in [-0.39, 0.29) is 28.3 Å². The molecule has 0 aromatic heterocycles. The van der Waals surface area contributed by atoms with Crippen LogP contribution in [0.4, 0.5) is 5.69 Å². The Hall–Kier alpha value is -3.75. The number of nitrogens with zero attached hydrogens (tertiary/aromatic N) is 2. The Morgan fingerprint density at radius 2 is 1.97 bits per heavy atom. The molecule has 0 saturated heterocycles. The van der Waals surface area contributed by atoms with Crippen LogP contribution in [-0.2, 0) is 4.79 Å². The van der Waals surface area contributed by atoms with Gasteiger partial charge >= 0.3 is 5.69 Å². The summed E-state index contributed by atoms with van der Waals surface area (Å²) >= 11 is 0. The maximum atomic E-state index is 13.0. The molecule has 0 N–H and O–H groups in total. The van der Waals surface area contributed by atoms with Crippen molar-refractivity contribution in [2.45, 2.75) is 25.9 Å². The number of carbonyl (C=O) groups is 3. The predicted molar refractivity (Wildman–Crippen MR) is 106 cm³/mol. The predicted octanol–water partition coefficient (Wildman–Crippen LogP) is 3.02. The molecular weight excluding hydrogens is 392 g/mol. The molecule has 3 rings (SSSR count). The third-order valence-corrected chi connectivity index (χ3v) is 4.72. The number of para-hydroxylation sites is 1. The monoisotopic (exact) mass is 412 g/mol. The molecule has 0 spiro atoms. The summed E-state index contributed by atoms with van der Waals surface area (Å²) in [6.45, 7) is 1.32. The first-order chi connectivity index (χ1) is 14.4. The number of Topliss-reactive ketones (excluding diaryl/α,β-unsaturated/α-hetero) is 1. The van der Waals surface area contributed by atoms with Crippen LogP contribution in [0.25, 0.3) is 0 Å². The highest BCUT2D eigenvalue weighted by atomic mass is 16.6. The molecule has 0 radical (unpaired) electrons. The number of hydrogen-bond acceptors (Lipinski definition) is 7. The van der Waals surface area contributed by atoms with Crippen LogP contribution in [0.1, 0.15) is 40.5 Å². The van der Waals surface area contributed by atoms with Crippen LogP contribution in [0.15, 0.2) is 42.5 Å². The van der Waals surface area contributed by atoms with Crippen molar-refractivity contribution in [3.63, 3.8) is 0 Å². The van der Waals surface area contributed by atoms with Crippen LogP contribution in [0.2, 0.25) is 0 Å². The first-order valence-electron chi connectivity index (χ1n) is 9.34. The highest BCUT2D eigenvalue weighted by molar-refractivity contribution is 6.12. The van der Waals surface area contributed by atoms with Gasteiger partial charge in [0.25, 0.3) is 11.8 Å². The van der Waals surface area contributed by atoms with E-state index in [1.54, 1.807) is 18.2 Å². The molecule has 9 nitrogen and oxygen atoms in total. The van der Waals surface area contributed by atoms with Gasteiger partial charge < -0.3 is 9.47 Å². The lowest BCUT2D eigenvalue weighted by Crippen LogP contribution is -2.45. The van der Waals surface area contributed by atoms with E-state index in [1.165, 1.54) is 25.3 Å². The lowest BCUT2D eigenvalue weighted by molar-refractivity contribution is -0.385. The van der Waals surface area contributed by atoms with Crippen molar-refractivity contribution < 1.29 is 28.8 Å². The van der Waals surface area contributed by atoms with Crippen molar-refractivity contribution in [1.29, 1.82) is 0 Å². The summed E-state index contributed by atoms with van der Waals surface area (Å²) in [5.41, 5.74) is -0.207. The zero-order valence-electron chi connectivity index (χ0n) is 16.5. The number of benzene rings is 2. The summed E-state index contributed by atoms with van der Waals surface area (Å²) in [4.78, 5) is 50.2. The third kappa shape index (κ3) is 4.00. The van der Waals surface area contributed by atoms with Crippen molar-refractivity contribution >= 4 is 23.3 Å². The highest BCUT2D eigenvalue weighted by Crippen LogP contribution is 2.29. The molecule has 1 atom stereocenters. The molecule has 156 valence electrons. The Labute approximate surface area is 172 Å².